The summed E-state index contributed by atoms with van der Waals surface area (Å²) in [4.78, 5) is 0. The third kappa shape index (κ3) is 11.9. The average Bonchev–Trinajstić information content (AvgIpc) is 1.66. The third-order valence-electron chi connectivity index (χ3n) is 0.993. The summed E-state index contributed by atoms with van der Waals surface area (Å²) in [6, 6.07) is 0.576. The molecular formula is C6H15Cl2N. The van der Waals surface area contributed by atoms with Crippen molar-refractivity contribution in [3.05, 3.63) is 0 Å². The van der Waals surface area contributed by atoms with Crippen molar-refractivity contribution in [2.24, 2.45) is 5.92 Å². The molecule has 1 N–H and O–H groups in total. The summed E-state index contributed by atoms with van der Waals surface area (Å²) >= 11 is 5.37. The summed E-state index contributed by atoms with van der Waals surface area (Å²) in [5.41, 5.74) is 0. The second-order valence-corrected chi connectivity index (χ2v) is 2.58. The van der Waals surface area contributed by atoms with Crippen LogP contribution < -0.4 is 5.32 Å². The lowest BCUT2D eigenvalue weighted by molar-refractivity contribution is 0.558. The molecule has 0 amide bonds. The molecule has 0 aromatic rings. The molecular weight excluding hydrogens is 157 g/mol. The molecule has 9 heavy (non-hydrogen) atoms. The van der Waals surface area contributed by atoms with E-state index >= 15 is 0 Å². The largest absolute Gasteiger partial charge is 0.304 e. The van der Waals surface area contributed by atoms with Crippen molar-refractivity contribution >= 4 is 24.0 Å². The molecule has 0 aliphatic heterocycles. The van der Waals surface area contributed by atoms with Crippen molar-refractivity contribution in [3.63, 3.8) is 0 Å². The Bertz CT molecular complexity index is 48.3. The molecule has 0 saturated heterocycles. The predicted molar refractivity (Wildman–Crippen MR) is 45.4 cm³/mol. The molecule has 0 heterocycles. The zero-order valence-corrected chi connectivity index (χ0v) is 7.56. The molecule has 0 spiro atoms. The van der Waals surface area contributed by atoms with Crippen LogP contribution in [0.3, 0.4) is 0 Å². The standard InChI is InChI=1S/C6H14ClN.ClH/c1-6(2)3-4-8-5-7;/h6,8H,3-5H2,1-2H3;1H. The van der Waals surface area contributed by atoms with Crippen LogP contribution in [0.2, 0.25) is 0 Å². The Kier molecular flexibility index (Phi) is 11.6. The van der Waals surface area contributed by atoms with Gasteiger partial charge in [0.2, 0.25) is 0 Å². The van der Waals surface area contributed by atoms with Gasteiger partial charge in [0.05, 0.1) is 6.00 Å². The highest BCUT2D eigenvalue weighted by atomic mass is 35.5. The minimum absolute atomic E-state index is 0. The van der Waals surface area contributed by atoms with Crippen molar-refractivity contribution in [2.45, 2.75) is 20.3 Å². The molecule has 0 bridgehead atoms. The van der Waals surface area contributed by atoms with E-state index in [1.54, 1.807) is 0 Å². The maximum absolute atomic E-state index is 5.37. The molecule has 0 saturated carbocycles. The summed E-state index contributed by atoms with van der Waals surface area (Å²) in [6.45, 7) is 5.45. The quantitative estimate of drug-likeness (QED) is 0.389. The number of hydrogen-bond donors (Lipinski definition) is 1. The molecule has 0 fully saturated rings. The molecule has 58 valence electrons. The number of nitrogens with one attached hydrogen (secondary N) is 1. The number of rotatable bonds is 4. The van der Waals surface area contributed by atoms with Gasteiger partial charge in [-0.25, -0.2) is 0 Å². The molecule has 0 atom stereocenters. The fraction of sp³-hybridized carbons (Fsp3) is 1.00. The van der Waals surface area contributed by atoms with Gasteiger partial charge in [0, 0.05) is 0 Å². The predicted octanol–water partition coefficient (Wildman–Crippen LogP) is 2.24. The van der Waals surface area contributed by atoms with E-state index in [1.165, 1.54) is 6.42 Å². The minimum Gasteiger partial charge on any atom is -0.304 e. The topological polar surface area (TPSA) is 12.0 Å². The minimum atomic E-state index is 0. The average molecular weight is 172 g/mol. The van der Waals surface area contributed by atoms with Crippen LogP contribution in [-0.4, -0.2) is 12.5 Å². The van der Waals surface area contributed by atoms with Crippen molar-refractivity contribution in [1.29, 1.82) is 0 Å². The van der Waals surface area contributed by atoms with Gasteiger partial charge in [0.25, 0.3) is 0 Å². The van der Waals surface area contributed by atoms with E-state index in [-0.39, 0.29) is 12.4 Å². The van der Waals surface area contributed by atoms with Gasteiger partial charge in [-0.3, -0.25) is 0 Å². The van der Waals surface area contributed by atoms with Crippen LogP contribution in [0.5, 0.6) is 0 Å². The Morgan fingerprint density at radius 3 is 2.33 bits per heavy atom. The third-order valence-corrected chi connectivity index (χ3v) is 1.18. The van der Waals surface area contributed by atoms with Crippen molar-refractivity contribution in [2.75, 3.05) is 12.5 Å². The SMILES string of the molecule is CC(C)CCNCCl.Cl. The Balaban J connectivity index is 0. The van der Waals surface area contributed by atoms with Crippen molar-refractivity contribution in [3.8, 4) is 0 Å². The van der Waals surface area contributed by atoms with Gasteiger partial charge in [0.15, 0.2) is 0 Å². The monoisotopic (exact) mass is 171 g/mol. The Labute approximate surface area is 68.6 Å². The van der Waals surface area contributed by atoms with Crippen molar-refractivity contribution in [1.82, 2.24) is 5.32 Å². The molecule has 3 heteroatoms. The summed E-state index contributed by atoms with van der Waals surface area (Å²) in [6.07, 6.45) is 1.22. The fourth-order valence-electron chi connectivity index (χ4n) is 0.458. The van der Waals surface area contributed by atoms with Crippen LogP contribution in [-0.2, 0) is 0 Å². The van der Waals surface area contributed by atoms with Crippen LogP contribution in [0.25, 0.3) is 0 Å². The van der Waals surface area contributed by atoms with Gasteiger partial charge in [-0.15, -0.1) is 24.0 Å². The molecule has 0 rings (SSSR count). The van der Waals surface area contributed by atoms with Gasteiger partial charge in [0.1, 0.15) is 0 Å². The lowest BCUT2D eigenvalue weighted by atomic mass is 10.1. The maximum Gasteiger partial charge on any atom is 0.0713 e. The highest BCUT2D eigenvalue weighted by molar-refractivity contribution is 6.17. The van der Waals surface area contributed by atoms with Crippen molar-refractivity contribution < 1.29 is 0 Å². The smallest absolute Gasteiger partial charge is 0.0713 e. The molecule has 0 aliphatic carbocycles. The first-order valence-electron chi connectivity index (χ1n) is 3.04. The Morgan fingerprint density at radius 1 is 1.44 bits per heavy atom. The first-order chi connectivity index (χ1) is 3.77. The number of hydrogen-bond acceptors (Lipinski definition) is 1. The van der Waals surface area contributed by atoms with E-state index in [1.807, 2.05) is 0 Å². The second-order valence-electron chi connectivity index (χ2n) is 2.32. The van der Waals surface area contributed by atoms with E-state index in [2.05, 4.69) is 19.2 Å². The second kappa shape index (κ2) is 8.54. The van der Waals surface area contributed by atoms with E-state index in [0.717, 1.165) is 12.5 Å². The summed E-state index contributed by atoms with van der Waals surface area (Å²) in [5, 5.41) is 3.05. The molecule has 0 aliphatic rings. The summed E-state index contributed by atoms with van der Waals surface area (Å²) in [7, 11) is 0. The lowest BCUT2D eigenvalue weighted by Gasteiger charge is -2.02. The van der Waals surface area contributed by atoms with E-state index in [0.29, 0.717) is 6.00 Å². The van der Waals surface area contributed by atoms with Crippen LogP contribution in [0, 0.1) is 5.92 Å². The number of alkyl halides is 1. The van der Waals surface area contributed by atoms with Crippen LogP contribution in [0.15, 0.2) is 0 Å². The van der Waals surface area contributed by atoms with E-state index < -0.39 is 0 Å². The number of halogens is 2. The first kappa shape index (κ1) is 12.2. The molecule has 0 radical (unpaired) electrons. The van der Waals surface area contributed by atoms with Gasteiger partial charge < -0.3 is 5.32 Å². The van der Waals surface area contributed by atoms with Crippen LogP contribution >= 0.6 is 24.0 Å². The highest BCUT2D eigenvalue weighted by Gasteiger charge is 1.89. The molecule has 0 unspecified atom stereocenters. The summed E-state index contributed by atoms with van der Waals surface area (Å²) in [5.74, 6) is 0.783. The summed E-state index contributed by atoms with van der Waals surface area (Å²) < 4.78 is 0. The van der Waals surface area contributed by atoms with Gasteiger partial charge in [-0.05, 0) is 18.9 Å². The van der Waals surface area contributed by atoms with Crippen LogP contribution in [0.1, 0.15) is 20.3 Å². The van der Waals surface area contributed by atoms with Gasteiger partial charge >= 0.3 is 0 Å². The molecule has 1 nitrogen and oxygen atoms in total. The fourth-order valence-corrected chi connectivity index (χ4v) is 0.591. The lowest BCUT2D eigenvalue weighted by Crippen LogP contribution is -2.14. The zero-order valence-electron chi connectivity index (χ0n) is 5.98. The Morgan fingerprint density at radius 2 is 2.00 bits per heavy atom. The van der Waals surface area contributed by atoms with Gasteiger partial charge in [-0.2, -0.15) is 0 Å². The maximum atomic E-state index is 5.37. The normalized spacial score (nSPS) is 9.33. The highest BCUT2D eigenvalue weighted by Crippen LogP contribution is 1.95. The first-order valence-corrected chi connectivity index (χ1v) is 3.57. The van der Waals surface area contributed by atoms with E-state index in [9.17, 15) is 0 Å². The van der Waals surface area contributed by atoms with Gasteiger partial charge in [-0.1, -0.05) is 13.8 Å². The van der Waals surface area contributed by atoms with Crippen LogP contribution in [0.4, 0.5) is 0 Å². The molecule has 0 aromatic carbocycles. The zero-order chi connectivity index (χ0) is 6.41. The van der Waals surface area contributed by atoms with E-state index in [4.69, 9.17) is 11.6 Å². The molecule has 0 aromatic heterocycles. The Hall–Kier alpha value is 0.540.